The number of fused-ring (bicyclic) bond motifs is 5. The number of thiophene rings is 1. The van der Waals surface area contributed by atoms with Gasteiger partial charge in [-0.15, -0.1) is 11.3 Å². The Kier molecular flexibility index (Phi) is 7.49. The van der Waals surface area contributed by atoms with Gasteiger partial charge < -0.3 is 5.11 Å². The summed E-state index contributed by atoms with van der Waals surface area (Å²) in [6.45, 7) is 7.66. The molecule has 2 saturated heterocycles. The molecule has 4 amide bonds. The monoisotopic (exact) mass is 742 g/mol. The van der Waals surface area contributed by atoms with Gasteiger partial charge in [-0.2, -0.15) is 5.10 Å². The number of benzene rings is 3. The highest BCUT2D eigenvalue weighted by Gasteiger charge is 2.68. The van der Waals surface area contributed by atoms with Gasteiger partial charge in [0.2, 0.25) is 23.6 Å². The van der Waals surface area contributed by atoms with Crippen molar-refractivity contribution in [3.8, 4) is 16.3 Å². The van der Waals surface area contributed by atoms with Gasteiger partial charge in [-0.05, 0) is 97.1 Å². The number of anilines is 2. The van der Waals surface area contributed by atoms with Gasteiger partial charge in [0.15, 0.2) is 0 Å². The van der Waals surface area contributed by atoms with Crippen LogP contribution in [0.4, 0.5) is 11.5 Å². The van der Waals surface area contributed by atoms with Gasteiger partial charge in [-0.25, -0.2) is 4.90 Å². The molecule has 5 aromatic rings. The Hall–Kier alpha value is -5.32. The lowest BCUT2D eigenvalue weighted by molar-refractivity contribution is -0.131. The molecule has 1 saturated carbocycles. The Balaban J connectivity index is 1.13. The van der Waals surface area contributed by atoms with Crippen LogP contribution in [-0.2, 0) is 26.2 Å². The van der Waals surface area contributed by atoms with Crippen molar-refractivity contribution in [2.75, 3.05) is 9.80 Å². The first-order valence-electron chi connectivity index (χ1n) is 17.6. The van der Waals surface area contributed by atoms with Gasteiger partial charge in [0.05, 0.1) is 33.7 Å². The molecule has 3 fully saturated rings. The maximum Gasteiger partial charge on any atom is 0.242 e. The van der Waals surface area contributed by atoms with Crippen LogP contribution in [0.15, 0.2) is 91.0 Å². The van der Waals surface area contributed by atoms with Gasteiger partial charge in [0, 0.05) is 28.8 Å². The minimum Gasteiger partial charge on any atom is -0.508 e. The molecule has 0 bridgehead atoms. The van der Waals surface area contributed by atoms with Crippen LogP contribution in [0, 0.1) is 36.0 Å². The summed E-state index contributed by atoms with van der Waals surface area (Å²) in [5, 5.41) is 16.7. The topological polar surface area (TPSA) is 113 Å². The van der Waals surface area contributed by atoms with E-state index in [-0.39, 0.29) is 35.8 Å². The molecule has 6 atom stereocenters. The fourth-order valence-corrected chi connectivity index (χ4v) is 10.8. The molecular formula is C42H35ClN4O5S. The number of hydrogen-bond donors (Lipinski definition) is 1. The lowest BCUT2D eigenvalue weighted by Crippen LogP contribution is -2.48. The minimum atomic E-state index is -1.22. The normalized spacial score (nSPS) is 26.6. The molecule has 2 aliphatic carbocycles. The second kappa shape index (κ2) is 11.8. The molecule has 11 heteroatoms. The highest BCUT2D eigenvalue weighted by molar-refractivity contribution is 7.22. The average Bonchev–Trinajstić information content (AvgIpc) is 3.82. The van der Waals surface area contributed by atoms with E-state index in [1.165, 1.54) is 9.80 Å². The standard InChI is InChI=1S/C42H35ClN4O5S/c1-5-22-6-11-25(12-7-22)46-38(49)28-16-15-27-30(35(28)40(46)51)19-31-39(50)47(41(52)42(31,3)36(27)23-8-13-26(48)14-9-23)34-20-32(44-45(34)4)37-21(2)29-18-24(43)10-17-33(29)53-37/h5-15,17-18,20,28,30-31,35-36,48H,1,16,19H2,2-4H3. The minimum absolute atomic E-state index is 0.0758. The van der Waals surface area contributed by atoms with Crippen LogP contribution in [0.1, 0.15) is 42.4 Å². The lowest BCUT2D eigenvalue weighted by atomic mass is 9.51. The predicted octanol–water partition coefficient (Wildman–Crippen LogP) is 8.05. The molecule has 0 spiro atoms. The second-order valence-electron chi connectivity index (χ2n) is 14.8. The van der Waals surface area contributed by atoms with Gasteiger partial charge >= 0.3 is 0 Å². The van der Waals surface area contributed by atoms with E-state index in [0.29, 0.717) is 28.6 Å². The number of phenols is 1. The van der Waals surface area contributed by atoms with Gasteiger partial charge in [-0.3, -0.25) is 28.8 Å². The zero-order valence-electron chi connectivity index (χ0n) is 29.2. The number of hydrogen-bond acceptors (Lipinski definition) is 7. The maximum absolute atomic E-state index is 15.0. The number of phenolic OH excluding ortho intramolecular Hbond substituents is 1. The summed E-state index contributed by atoms with van der Waals surface area (Å²) < 4.78 is 2.63. The number of aromatic hydroxyl groups is 1. The van der Waals surface area contributed by atoms with Crippen LogP contribution >= 0.6 is 22.9 Å². The first-order chi connectivity index (χ1) is 25.4. The molecule has 266 valence electrons. The van der Waals surface area contributed by atoms with E-state index in [1.54, 1.807) is 71.6 Å². The van der Waals surface area contributed by atoms with Crippen LogP contribution in [0.3, 0.4) is 0 Å². The third-order valence-electron chi connectivity index (χ3n) is 12.1. The first-order valence-corrected chi connectivity index (χ1v) is 18.8. The van der Waals surface area contributed by atoms with Crippen LogP contribution in [0.2, 0.25) is 5.02 Å². The summed E-state index contributed by atoms with van der Waals surface area (Å²) in [4.78, 5) is 61.6. The number of aryl methyl sites for hydroxylation is 2. The smallest absolute Gasteiger partial charge is 0.242 e. The summed E-state index contributed by atoms with van der Waals surface area (Å²) in [6.07, 6.45) is 4.31. The number of nitrogens with zero attached hydrogens (tertiary/aromatic N) is 4. The number of imide groups is 2. The van der Waals surface area contributed by atoms with E-state index in [0.717, 1.165) is 37.2 Å². The molecule has 0 radical (unpaired) electrons. The van der Waals surface area contributed by atoms with Crippen LogP contribution < -0.4 is 9.80 Å². The fraction of sp³-hybridized carbons (Fsp3) is 0.262. The molecule has 9 nitrogen and oxygen atoms in total. The highest BCUT2D eigenvalue weighted by atomic mass is 35.5. The highest BCUT2D eigenvalue weighted by Crippen LogP contribution is 2.64. The molecule has 4 heterocycles. The summed E-state index contributed by atoms with van der Waals surface area (Å²) >= 11 is 7.89. The number of allylic oxidation sites excluding steroid dienone is 2. The van der Waals surface area contributed by atoms with E-state index >= 15 is 4.79 Å². The molecular weight excluding hydrogens is 708 g/mol. The van der Waals surface area contributed by atoms with Gasteiger partial charge in [-0.1, -0.05) is 60.2 Å². The van der Waals surface area contributed by atoms with Crippen molar-refractivity contribution in [1.29, 1.82) is 0 Å². The Morgan fingerprint density at radius 1 is 0.943 bits per heavy atom. The Bertz CT molecular complexity index is 2460. The predicted molar refractivity (Wildman–Crippen MR) is 206 cm³/mol. The maximum atomic E-state index is 15.0. The van der Waals surface area contributed by atoms with E-state index in [2.05, 4.69) is 6.58 Å². The number of rotatable bonds is 5. The summed E-state index contributed by atoms with van der Waals surface area (Å²) in [6, 6.07) is 21.4. The van der Waals surface area contributed by atoms with E-state index in [9.17, 15) is 19.5 Å². The third-order valence-corrected chi connectivity index (χ3v) is 13.6. The molecule has 1 N–H and O–H groups in total. The van der Waals surface area contributed by atoms with Crippen molar-refractivity contribution < 1.29 is 24.3 Å². The first kappa shape index (κ1) is 33.5. The van der Waals surface area contributed by atoms with Crippen LogP contribution in [0.5, 0.6) is 5.75 Å². The Labute approximate surface area is 314 Å². The lowest BCUT2D eigenvalue weighted by Gasteiger charge is -2.49. The van der Waals surface area contributed by atoms with Crippen LogP contribution in [-0.4, -0.2) is 38.5 Å². The second-order valence-corrected chi connectivity index (χ2v) is 16.3. The number of halogens is 1. The Morgan fingerprint density at radius 3 is 2.40 bits per heavy atom. The zero-order valence-corrected chi connectivity index (χ0v) is 30.8. The van der Waals surface area contributed by atoms with Crippen molar-refractivity contribution in [2.45, 2.75) is 32.6 Å². The third kappa shape index (κ3) is 4.71. The van der Waals surface area contributed by atoms with Crippen molar-refractivity contribution in [1.82, 2.24) is 9.78 Å². The summed E-state index contributed by atoms with van der Waals surface area (Å²) in [7, 11) is 1.73. The van der Waals surface area contributed by atoms with Crippen molar-refractivity contribution in [2.24, 2.45) is 36.1 Å². The quantitative estimate of drug-likeness (QED) is 0.144. The molecule has 2 aromatic heterocycles. The molecule has 6 unspecified atom stereocenters. The Morgan fingerprint density at radius 2 is 1.68 bits per heavy atom. The zero-order chi connectivity index (χ0) is 37.1. The van der Waals surface area contributed by atoms with Gasteiger partial charge in [0.25, 0.3) is 0 Å². The van der Waals surface area contributed by atoms with Crippen molar-refractivity contribution in [3.05, 3.63) is 113 Å². The van der Waals surface area contributed by atoms with Gasteiger partial charge in [0.1, 0.15) is 17.3 Å². The largest absolute Gasteiger partial charge is 0.508 e. The molecule has 3 aromatic carbocycles. The summed E-state index contributed by atoms with van der Waals surface area (Å²) in [5.41, 5.74) is 3.44. The molecule has 9 rings (SSSR count). The number of carbonyl (C=O) groups excluding carboxylic acids is 4. The van der Waals surface area contributed by atoms with Crippen molar-refractivity contribution >= 4 is 74.2 Å². The SMILES string of the molecule is C=Cc1ccc(N2C(=O)C3CC=C4C(CC5C(=O)N(c6cc(-c7sc8ccc(Cl)cc8c7C)nn6C)C(=O)C5(C)C4c4ccc(O)cc4)C3C2=O)cc1. The number of carbonyl (C=O) groups is 4. The fourth-order valence-electron chi connectivity index (χ4n) is 9.51. The number of aromatic nitrogens is 2. The average molecular weight is 743 g/mol. The number of amides is 4. The van der Waals surface area contributed by atoms with Crippen molar-refractivity contribution in [3.63, 3.8) is 0 Å². The van der Waals surface area contributed by atoms with Crippen LogP contribution in [0.25, 0.3) is 26.7 Å². The summed E-state index contributed by atoms with van der Waals surface area (Å²) in [5.74, 6) is -3.90. The van der Waals surface area contributed by atoms with E-state index in [1.807, 2.05) is 50.3 Å². The van der Waals surface area contributed by atoms with E-state index in [4.69, 9.17) is 16.7 Å². The molecule has 4 aliphatic rings. The van der Waals surface area contributed by atoms with E-state index < -0.39 is 35.0 Å². The molecule has 2 aliphatic heterocycles. The molecule has 53 heavy (non-hydrogen) atoms.